The summed E-state index contributed by atoms with van der Waals surface area (Å²) in [4.78, 5) is 4.62. The maximum atomic E-state index is 10.1. The van der Waals surface area contributed by atoms with Crippen molar-refractivity contribution in [3.63, 3.8) is 0 Å². The van der Waals surface area contributed by atoms with Crippen molar-refractivity contribution in [1.82, 2.24) is 9.80 Å². The molecular weight excluding hydrogens is 318 g/mol. The topological polar surface area (TPSA) is 72.9 Å². The van der Waals surface area contributed by atoms with E-state index in [1.165, 1.54) is 0 Å². The molecule has 0 bridgehead atoms. The van der Waals surface area contributed by atoms with Crippen molar-refractivity contribution in [2.24, 2.45) is 0 Å². The van der Waals surface area contributed by atoms with Gasteiger partial charge < -0.3 is 14.3 Å². The normalized spacial score (nSPS) is 17.1. The Hall–Kier alpha value is -2.33. The Kier molecular flexibility index (Phi) is 6.07. The number of nitrogens with zero attached hydrogens (tertiary/aromatic N) is 3. The Labute approximate surface area is 147 Å². The van der Waals surface area contributed by atoms with Crippen LogP contribution in [0.25, 0.3) is 0 Å². The zero-order valence-corrected chi connectivity index (χ0v) is 14.2. The maximum Gasteiger partial charge on any atom is 0.133 e. The Balaban J connectivity index is 1.34. The molecule has 1 aromatic heterocycles. The number of ether oxygens (including phenoxy) is 1. The average molecular weight is 341 g/mol. The predicted molar refractivity (Wildman–Crippen MR) is 93.2 cm³/mol. The summed E-state index contributed by atoms with van der Waals surface area (Å²) in [7, 11) is 0. The van der Waals surface area contributed by atoms with Gasteiger partial charge in [0, 0.05) is 39.3 Å². The van der Waals surface area contributed by atoms with Gasteiger partial charge in [-0.2, -0.15) is 5.26 Å². The van der Waals surface area contributed by atoms with Gasteiger partial charge in [0.05, 0.1) is 17.9 Å². The Morgan fingerprint density at radius 1 is 1.12 bits per heavy atom. The fraction of sp³-hybridized carbons (Fsp3) is 0.421. The van der Waals surface area contributed by atoms with Crippen molar-refractivity contribution >= 4 is 0 Å². The zero-order valence-electron chi connectivity index (χ0n) is 14.2. The number of aliphatic hydroxyl groups excluding tert-OH is 1. The zero-order chi connectivity index (χ0) is 17.5. The summed E-state index contributed by atoms with van der Waals surface area (Å²) in [6.45, 7) is 5.87. The average Bonchev–Trinajstić information content (AvgIpc) is 3.19. The SMILES string of the molecule is N#Cc1ccc(OCCN2CCN(CC(O)c3ccco3)CC2)cc1. The third kappa shape index (κ3) is 5.07. The van der Waals surface area contributed by atoms with Crippen molar-refractivity contribution in [2.75, 3.05) is 45.9 Å². The van der Waals surface area contributed by atoms with E-state index < -0.39 is 6.10 Å². The van der Waals surface area contributed by atoms with Crippen molar-refractivity contribution in [2.45, 2.75) is 6.10 Å². The number of nitriles is 1. The molecular formula is C19H23N3O3. The van der Waals surface area contributed by atoms with Crippen LogP contribution in [0.15, 0.2) is 47.1 Å². The molecule has 1 fully saturated rings. The molecule has 1 unspecified atom stereocenters. The van der Waals surface area contributed by atoms with Crippen LogP contribution in [0.3, 0.4) is 0 Å². The first kappa shape index (κ1) is 17.5. The van der Waals surface area contributed by atoms with E-state index in [1.54, 1.807) is 30.5 Å². The smallest absolute Gasteiger partial charge is 0.133 e. The third-order valence-electron chi connectivity index (χ3n) is 4.43. The van der Waals surface area contributed by atoms with Gasteiger partial charge in [-0.3, -0.25) is 9.80 Å². The van der Waals surface area contributed by atoms with Crippen LogP contribution in [0, 0.1) is 11.3 Å². The van der Waals surface area contributed by atoms with Crippen LogP contribution in [-0.4, -0.2) is 60.8 Å². The second-order valence-corrected chi connectivity index (χ2v) is 6.16. The summed E-state index contributed by atoms with van der Waals surface area (Å²) in [5.74, 6) is 1.41. The summed E-state index contributed by atoms with van der Waals surface area (Å²) < 4.78 is 11.0. The van der Waals surface area contributed by atoms with Gasteiger partial charge in [-0.25, -0.2) is 0 Å². The summed E-state index contributed by atoms with van der Waals surface area (Å²) in [5.41, 5.74) is 0.639. The number of aliphatic hydroxyl groups is 1. The lowest BCUT2D eigenvalue weighted by atomic mass is 10.2. The van der Waals surface area contributed by atoms with E-state index in [-0.39, 0.29) is 0 Å². The first-order chi connectivity index (χ1) is 12.2. The highest BCUT2D eigenvalue weighted by atomic mass is 16.5. The molecule has 3 rings (SSSR count). The monoisotopic (exact) mass is 341 g/mol. The van der Waals surface area contributed by atoms with Gasteiger partial charge in [-0.15, -0.1) is 0 Å². The van der Waals surface area contributed by atoms with E-state index in [4.69, 9.17) is 14.4 Å². The van der Waals surface area contributed by atoms with E-state index in [0.717, 1.165) is 38.5 Å². The molecule has 1 atom stereocenters. The van der Waals surface area contributed by atoms with Crippen LogP contribution in [0.4, 0.5) is 0 Å². The van der Waals surface area contributed by atoms with Gasteiger partial charge in [0.15, 0.2) is 0 Å². The summed E-state index contributed by atoms with van der Waals surface area (Å²) in [6.07, 6.45) is 1.02. The Morgan fingerprint density at radius 3 is 2.48 bits per heavy atom. The van der Waals surface area contributed by atoms with Gasteiger partial charge in [-0.05, 0) is 36.4 Å². The fourth-order valence-electron chi connectivity index (χ4n) is 2.93. The molecule has 1 N–H and O–H groups in total. The number of hydrogen-bond acceptors (Lipinski definition) is 6. The van der Waals surface area contributed by atoms with Gasteiger partial charge in [0.1, 0.15) is 24.2 Å². The molecule has 1 aliphatic rings. The molecule has 0 saturated carbocycles. The van der Waals surface area contributed by atoms with Crippen LogP contribution in [0.1, 0.15) is 17.4 Å². The summed E-state index contributed by atoms with van der Waals surface area (Å²) >= 11 is 0. The largest absolute Gasteiger partial charge is 0.492 e. The third-order valence-corrected chi connectivity index (χ3v) is 4.43. The highest BCUT2D eigenvalue weighted by molar-refractivity contribution is 5.34. The van der Waals surface area contributed by atoms with Crippen LogP contribution < -0.4 is 4.74 Å². The molecule has 6 nitrogen and oxygen atoms in total. The number of rotatable bonds is 7. The minimum Gasteiger partial charge on any atom is -0.492 e. The highest BCUT2D eigenvalue weighted by Gasteiger charge is 2.20. The molecule has 132 valence electrons. The van der Waals surface area contributed by atoms with E-state index in [2.05, 4.69) is 15.9 Å². The molecule has 0 spiro atoms. The maximum absolute atomic E-state index is 10.1. The lowest BCUT2D eigenvalue weighted by Crippen LogP contribution is -2.48. The van der Waals surface area contributed by atoms with Crippen LogP contribution in [-0.2, 0) is 0 Å². The number of β-amino-alcohol motifs (C(OH)–C–C–N with tert-alkyl or cyclic N) is 1. The number of furan rings is 1. The lowest BCUT2D eigenvalue weighted by Gasteiger charge is -2.35. The van der Waals surface area contributed by atoms with E-state index in [0.29, 0.717) is 24.5 Å². The van der Waals surface area contributed by atoms with E-state index >= 15 is 0 Å². The van der Waals surface area contributed by atoms with Crippen molar-refractivity contribution in [3.8, 4) is 11.8 Å². The first-order valence-corrected chi connectivity index (χ1v) is 8.54. The second-order valence-electron chi connectivity index (χ2n) is 6.16. The Morgan fingerprint density at radius 2 is 1.84 bits per heavy atom. The molecule has 0 radical (unpaired) electrons. The lowest BCUT2D eigenvalue weighted by molar-refractivity contribution is 0.0580. The van der Waals surface area contributed by atoms with Gasteiger partial charge >= 0.3 is 0 Å². The molecule has 2 aromatic rings. The number of hydrogen-bond donors (Lipinski definition) is 1. The first-order valence-electron chi connectivity index (χ1n) is 8.54. The van der Waals surface area contributed by atoms with Crippen molar-refractivity contribution in [1.29, 1.82) is 5.26 Å². The quantitative estimate of drug-likeness (QED) is 0.829. The van der Waals surface area contributed by atoms with E-state index in [1.807, 2.05) is 12.1 Å². The molecule has 1 saturated heterocycles. The van der Waals surface area contributed by atoms with E-state index in [9.17, 15) is 5.11 Å². The van der Waals surface area contributed by atoms with Gasteiger partial charge in [0.2, 0.25) is 0 Å². The predicted octanol–water partition coefficient (Wildman–Crippen LogP) is 1.88. The molecule has 6 heteroatoms. The standard InChI is InChI=1S/C19H23N3O3/c20-14-16-3-5-17(6-4-16)24-13-11-21-7-9-22(10-8-21)15-18(23)19-2-1-12-25-19/h1-6,12,18,23H,7-11,13,15H2. The molecule has 25 heavy (non-hydrogen) atoms. The minimum atomic E-state index is -0.568. The number of benzene rings is 1. The molecule has 1 aromatic carbocycles. The minimum absolute atomic E-state index is 0.568. The second kappa shape index (κ2) is 8.67. The van der Waals surface area contributed by atoms with Crippen LogP contribution in [0.2, 0.25) is 0 Å². The number of piperazine rings is 1. The fourth-order valence-corrected chi connectivity index (χ4v) is 2.93. The molecule has 0 amide bonds. The molecule has 1 aliphatic heterocycles. The van der Waals surface area contributed by atoms with Crippen molar-refractivity contribution < 1.29 is 14.3 Å². The Bertz CT molecular complexity index is 671. The van der Waals surface area contributed by atoms with Crippen LogP contribution >= 0.6 is 0 Å². The van der Waals surface area contributed by atoms with Gasteiger partial charge in [-0.1, -0.05) is 0 Å². The molecule has 0 aliphatic carbocycles. The highest BCUT2D eigenvalue weighted by Crippen LogP contribution is 2.16. The van der Waals surface area contributed by atoms with Crippen molar-refractivity contribution in [3.05, 3.63) is 54.0 Å². The van der Waals surface area contributed by atoms with Gasteiger partial charge in [0.25, 0.3) is 0 Å². The summed E-state index contributed by atoms with van der Waals surface area (Å²) in [5, 5.41) is 18.9. The van der Waals surface area contributed by atoms with Crippen LogP contribution in [0.5, 0.6) is 5.75 Å². The molecule has 2 heterocycles. The summed E-state index contributed by atoms with van der Waals surface area (Å²) in [6, 6.07) is 12.9.